The van der Waals surface area contributed by atoms with Crippen LogP contribution >= 0.6 is 0 Å². The van der Waals surface area contributed by atoms with E-state index >= 15 is 0 Å². The van der Waals surface area contributed by atoms with Gasteiger partial charge >= 0.3 is 5.97 Å². The molecular weight excluding hydrogens is 526 g/mol. The number of likely N-dealkylation sites (N-methyl/N-ethyl adjacent to an activating group) is 1. The molecule has 0 aliphatic rings. The molecule has 1 amide bonds. The molecule has 0 spiro atoms. The Bertz CT molecular complexity index is 1240. The van der Waals surface area contributed by atoms with Crippen LogP contribution < -0.4 is 14.8 Å². The Kier molecular flexibility index (Phi) is 12.3. The Morgan fingerprint density at radius 3 is 2.07 bits per heavy atom. The van der Waals surface area contributed by atoms with Gasteiger partial charge in [0, 0.05) is 13.0 Å². The van der Waals surface area contributed by atoms with Crippen LogP contribution in [-0.2, 0) is 11.2 Å². The van der Waals surface area contributed by atoms with E-state index in [9.17, 15) is 18.4 Å². The third kappa shape index (κ3) is 11.0. The molecule has 3 aromatic rings. The summed E-state index contributed by atoms with van der Waals surface area (Å²) in [6.07, 6.45) is 6.94. The molecular formula is C33H41F2N2O4+. The maximum atomic E-state index is 13.3. The average molecular weight is 568 g/mol. The SMILES string of the molecule is C[N+](C)(C)C(Cc1ccccc1)C(=O)NCCCCCCCCOc1ccc(OC(=O)c2ccc(F)c(F)c2)cc1. The minimum atomic E-state index is -1.10. The van der Waals surface area contributed by atoms with Gasteiger partial charge in [-0.25, -0.2) is 13.6 Å². The first-order chi connectivity index (χ1) is 19.6. The third-order valence-electron chi connectivity index (χ3n) is 6.84. The number of esters is 1. The molecule has 1 atom stereocenters. The number of quaternary nitrogens is 1. The summed E-state index contributed by atoms with van der Waals surface area (Å²) < 4.78 is 37.9. The fourth-order valence-electron chi connectivity index (χ4n) is 4.40. The minimum Gasteiger partial charge on any atom is -0.494 e. The Hall–Kier alpha value is -3.78. The van der Waals surface area contributed by atoms with Gasteiger partial charge in [0.1, 0.15) is 11.5 Å². The number of nitrogens with zero attached hydrogens (tertiary/aromatic N) is 1. The largest absolute Gasteiger partial charge is 0.494 e. The molecule has 8 heteroatoms. The van der Waals surface area contributed by atoms with Crippen molar-refractivity contribution in [3.63, 3.8) is 0 Å². The monoisotopic (exact) mass is 567 g/mol. The highest BCUT2D eigenvalue weighted by Crippen LogP contribution is 2.20. The lowest BCUT2D eigenvalue weighted by molar-refractivity contribution is -0.886. The fourth-order valence-corrected chi connectivity index (χ4v) is 4.40. The van der Waals surface area contributed by atoms with Crippen molar-refractivity contribution in [2.24, 2.45) is 0 Å². The first kappa shape index (κ1) is 31.7. The summed E-state index contributed by atoms with van der Waals surface area (Å²) in [5.41, 5.74) is 1.10. The summed E-state index contributed by atoms with van der Waals surface area (Å²) in [7, 11) is 6.18. The number of nitrogens with one attached hydrogen (secondary N) is 1. The lowest BCUT2D eigenvalue weighted by Gasteiger charge is -2.33. The second kappa shape index (κ2) is 15.9. The summed E-state index contributed by atoms with van der Waals surface area (Å²) in [6.45, 7) is 1.28. The van der Waals surface area contributed by atoms with E-state index in [0.717, 1.165) is 57.1 Å². The number of ether oxygens (including phenoxy) is 2. The van der Waals surface area contributed by atoms with Crippen LogP contribution in [-0.4, -0.2) is 56.7 Å². The molecule has 0 heterocycles. The lowest BCUT2D eigenvalue weighted by atomic mass is 10.0. The van der Waals surface area contributed by atoms with E-state index < -0.39 is 17.6 Å². The van der Waals surface area contributed by atoms with Crippen LogP contribution in [0.2, 0.25) is 0 Å². The molecule has 0 fully saturated rings. The molecule has 41 heavy (non-hydrogen) atoms. The van der Waals surface area contributed by atoms with Crippen LogP contribution in [0, 0.1) is 11.6 Å². The van der Waals surface area contributed by atoms with Gasteiger partial charge < -0.3 is 19.3 Å². The Balaban J connectivity index is 1.24. The van der Waals surface area contributed by atoms with E-state index in [-0.39, 0.29) is 23.3 Å². The van der Waals surface area contributed by atoms with Crippen molar-refractivity contribution in [1.29, 1.82) is 0 Å². The molecule has 1 unspecified atom stereocenters. The van der Waals surface area contributed by atoms with Crippen LogP contribution in [0.15, 0.2) is 72.8 Å². The number of amides is 1. The van der Waals surface area contributed by atoms with Gasteiger partial charge in [0.25, 0.3) is 5.91 Å². The van der Waals surface area contributed by atoms with Gasteiger partial charge in [0.15, 0.2) is 17.7 Å². The number of hydrogen-bond donors (Lipinski definition) is 1. The molecule has 1 N–H and O–H groups in total. The standard InChI is InChI=1S/C33H40F2N2O4/c1-37(2,3)31(23-25-13-9-8-10-14-25)32(38)36-21-11-6-4-5-7-12-22-40-27-16-18-28(19-17-27)41-33(39)26-15-20-29(34)30(35)24-26/h8-10,13-20,24,31H,4-7,11-12,21-23H2,1-3H3/p+1. The van der Waals surface area contributed by atoms with Gasteiger partial charge in [-0.05, 0) is 60.9 Å². The van der Waals surface area contributed by atoms with E-state index in [0.29, 0.717) is 23.4 Å². The van der Waals surface area contributed by atoms with Gasteiger partial charge in [-0.1, -0.05) is 56.0 Å². The van der Waals surface area contributed by atoms with Crippen molar-refractivity contribution in [2.45, 2.75) is 51.0 Å². The van der Waals surface area contributed by atoms with E-state index in [1.54, 1.807) is 24.3 Å². The first-order valence-corrected chi connectivity index (χ1v) is 14.2. The van der Waals surface area contributed by atoms with Crippen molar-refractivity contribution in [3.8, 4) is 11.5 Å². The van der Waals surface area contributed by atoms with Gasteiger partial charge in [-0.3, -0.25) is 4.79 Å². The molecule has 0 saturated carbocycles. The Morgan fingerprint density at radius 2 is 1.41 bits per heavy atom. The molecule has 6 nitrogen and oxygen atoms in total. The van der Waals surface area contributed by atoms with Crippen molar-refractivity contribution in [2.75, 3.05) is 34.3 Å². The Morgan fingerprint density at radius 1 is 0.780 bits per heavy atom. The lowest BCUT2D eigenvalue weighted by Crippen LogP contribution is -2.55. The summed E-state index contributed by atoms with van der Waals surface area (Å²) in [5, 5.41) is 3.13. The van der Waals surface area contributed by atoms with E-state index in [2.05, 4.69) is 38.6 Å². The fraction of sp³-hybridized carbons (Fsp3) is 0.394. The predicted molar refractivity (Wildman–Crippen MR) is 156 cm³/mol. The normalized spacial score (nSPS) is 12.0. The summed E-state index contributed by atoms with van der Waals surface area (Å²) >= 11 is 0. The van der Waals surface area contributed by atoms with Crippen LogP contribution in [0.5, 0.6) is 11.5 Å². The van der Waals surface area contributed by atoms with Crippen molar-refractivity contribution in [3.05, 3.63) is 95.6 Å². The van der Waals surface area contributed by atoms with Gasteiger partial charge in [-0.15, -0.1) is 0 Å². The zero-order valence-electron chi connectivity index (χ0n) is 24.2. The number of carbonyl (C=O) groups excluding carboxylic acids is 2. The highest BCUT2D eigenvalue weighted by atomic mass is 19.2. The maximum absolute atomic E-state index is 13.3. The number of hydrogen-bond acceptors (Lipinski definition) is 4. The zero-order chi connectivity index (χ0) is 29.7. The highest BCUT2D eigenvalue weighted by molar-refractivity contribution is 5.91. The van der Waals surface area contributed by atoms with Gasteiger partial charge in [0.05, 0.1) is 33.3 Å². The third-order valence-corrected chi connectivity index (χ3v) is 6.84. The molecule has 0 saturated heterocycles. The maximum Gasteiger partial charge on any atom is 0.343 e. The second-order valence-corrected chi connectivity index (χ2v) is 11.1. The molecule has 0 aliphatic heterocycles. The highest BCUT2D eigenvalue weighted by Gasteiger charge is 2.31. The van der Waals surface area contributed by atoms with E-state index in [1.165, 1.54) is 11.6 Å². The zero-order valence-corrected chi connectivity index (χ0v) is 24.2. The molecule has 0 bridgehead atoms. The molecule has 0 radical (unpaired) electrons. The predicted octanol–water partition coefficient (Wildman–Crippen LogP) is 6.34. The van der Waals surface area contributed by atoms with Gasteiger partial charge in [0.2, 0.25) is 0 Å². The van der Waals surface area contributed by atoms with Crippen molar-refractivity contribution in [1.82, 2.24) is 5.32 Å². The number of unbranched alkanes of at least 4 members (excludes halogenated alkanes) is 5. The molecule has 220 valence electrons. The molecule has 3 aromatic carbocycles. The molecule has 3 rings (SSSR count). The van der Waals surface area contributed by atoms with Crippen LogP contribution in [0.4, 0.5) is 8.78 Å². The van der Waals surface area contributed by atoms with Crippen molar-refractivity contribution < 1.29 is 32.3 Å². The van der Waals surface area contributed by atoms with E-state index in [1.807, 2.05) is 18.2 Å². The smallest absolute Gasteiger partial charge is 0.343 e. The van der Waals surface area contributed by atoms with Crippen LogP contribution in [0.25, 0.3) is 0 Å². The van der Waals surface area contributed by atoms with E-state index in [4.69, 9.17) is 9.47 Å². The number of rotatable bonds is 16. The average Bonchev–Trinajstić information content (AvgIpc) is 2.94. The second-order valence-electron chi connectivity index (χ2n) is 11.1. The van der Waals surface area contributed by atoms with Crippen LogP contribution in [0.1, 0.15) is 54.4 Å². The van der Waals surface area contributed by atoms with Crippen molar-refractivity contribution >= 4 is 11.9 Å². The number of halogens is 2. The van der Waals surface area contributed by atoms with Crippen LogP contribution in [0.3, 0.4) is 0 Å². The summed E-state index contributed by atoms with van der Waals surface area (Å²) in [6, 6.07) is 19.5. The molecule has 0 aromatic heterocycles. The topological polar surface area (TPSA) is 64.6 Å². The summed E-state index contributed by atoms with van der Waals surface area (Å²) in [5.74, 6) is -1.84. The minimum absolute atomic E-state index is 0.0682. The Labute approximate surface area is 241 Å². The quantitative estimate of drug-likeness (QED) is 0.0950. The molecule has 0 aliphatic carbocycles. The van der Waals surface area contributed by atoms with Gasteiger partial charge in [-0.2, -0.15) is 0 Å². The number of carbonyl (C=O) groups is 2. The summed E-state index contributed by atoms with van der Waals surface area (Å²) in [4.78, 5) is 25.0. The number of benzene rings is 3. The first-order valence-electron chi connectivity index (χ1n) is 14.2.